The SMILES string of the molecule is C1OC2=C1CSS2. The van der Waals surface area contributed by atoms with Crippen LogP contribution in [0.15, 0.2) is 10.7 Å². The third-order valence-electron chi connectivity index (χ3n) is 1.03. The van der Waals surface area contributed by atoms with Gasteiger partial charge in [0, 0.05) is 11.3 Å². The standard InChI is InChI=1S/C4H4OS2/c1-3-2-6-7-4(3)5-1/h1-2H2. The Balaban J connectivity index is 2.29. The minimum atomic E-state index is 0.898. The van der Waals surface area contributed by atoms with Gasteiger partial charge in [0.1, 0.15) is 6.61 Å². The summed E-state index contributed by atoms with van der Waals surface area (Å²) in [7, 11) is 3.64. The Kier molecular flexibility index (Phi) is 0.804. The van der Waals surface area contributed by atoms with Gasteiger partial charge in [-0.25, -0.2) is 0 Å². The number of rotatable bonds is 0. The maximum Gasteiger partial charge on any atom is 0.167 e. The van der Waals surface area contributed by atoms with Crippen LogP contribution in [0.4, 0.5) is 0 Å². The fourth-order valence-corrected chi connectivity index (χ4v) is 2.96. The fraction of sp³-hybridized carbons (Fsp3) is 0.500. The van der Waals surface area contributed by atoms with Gasteiger partial charge in [0.15, 0.2) is 5.09 Å². The number of hydrogen-bond acceptors (Lipinski definition) is 3. The lowest BCUT2D eigenvalue weighted by atomic mass is 10.3. The Morgan fingerprint density at radius 1 is 1.57 bits per heavy atom. The lowest BCUT2D eigenvalue weighted by molar-refractivity contribution is 0.214. The van der Waals surface area contributed by atoms with Crippen molar-refractivity contribution in [3.63, 3.8) is 0 Å². The Morgan fingerprint density at radius 2 is 2.57 bits per heavy atom. The van der Waals surface area contributed by atoms with E-state index in [0.29, 0.717) is 0 Å². The van der Waals surface area contributed by atoms with E-state index in [1.807, 2.05) is 10.8 Å². The summed E-state index contributed by atoms with van der Waals surface area (Å²) in [6.07, 6.45) is 0. The van der Waals surface area contributed by atoms with Crippen molar-refractivity contribution in [2.75, 3.05) is 12.4 Å². The van der Waals surface area contributed by atoms with Crippen molar-refractivity contribution in [1.29, 1.82) is 0 Å². The van der Waals surface area contributed by atoms with Gasteiger partial charge in [0.05, 0.1) is 0 Å². The number of hydrogen-bond donors (Lipinski definition) is 0. The van der Waals surface area contributed by atoms with E-state index in [9.17, 15) is 0 Å². The van der Waals surface area contributed by atoms with Gasteiger partial charge in [-0.05, 0) is 10.8 Å². The second-order valence-electron chi connectivity index (χ2n) is 1.53. The fourth-order valence-electron chi connectivity index (χ4n) is 0.571. The van der Waals surface area contributed by atoms with Crippen LogP contribution in [0.3, 0.4) is 0 Å². The van der Waals surface area contributed by atoms with Crippen molar-refractivity contribution in [3.8, 4) is 0 Å². The summed E-state index contributed by atoms with van der Waals surface area (Å²) in [5.74, 6) is 1.19. The smallest absolute Gasteiger partial charge is 0.167 e. The first-order valence-electron chi connectivity index (χ1n) is 2.11. The van der Waals surface area contributed by atoms with Gasteiger partial charge in [-0.2, -0.15) is 0 Å². The summed E-state index contributed by atoms with van der Waals surface area (Å²) in [4.78, 5) is 0. The Labute approximate surface area is 49.9 Å². The average Bonchev–Trinajstić information content (AvgIpc) is 1.85. The van der Waals surface area contributed by atoms with Crippen molar-refractivity contribution in [1.82, 2.24) is 0 Å². The second-order valence-corrected chi connectivity index (χ2v) is 3.79. The van der Waals surface area contributed by atoms with Crippen LogP contribution in [-0.4, -0.2) is 12.4 Å². The van der Waals surface area contributed by atoms with E-state index in [1.54, 1.807) is 10.8 Å². The van der Waals surface area contributed by atoms with Crippen LogP contribution in [0.25, 0.3) is 0 Å². The molecule has 0 radical (unpaired) electrons. The predicted molar refractivity (Wildman–Crippen MR) is 33.0 cm³/mol. The highest BCUT2D eigenvalue weighted by Crippen LogP contribution is 2.46. The third kappa shape index (κ3) is 0.483. The zero-order chi connectivity index (χ0) is 4.69. The van der Waals surface area contributed by atoms with Crippen LogP contribution in [0, 0.1) is 0 Å². The van der Waals surface area contributed by atoms with Crippen LogP contribution >= 0.6 is 21.6 Å². The van der Waals surface area contributed by atoms with E-state index in [-0.39, 0.29) is 0 Å². The highest BCUT2D eigenvalue weighted by atomic mass is 33.1. The van der Waals surface area contributed by atoms with Crippen LogP contribution in [0.5, 0.6) is 0 Å². The maximum atomic E-state index is 5.08. The van der Waals surface area contributed by atoms with E-state index < -0.39 is 0 Å². The van der Waals surface area contributed by atoms with Crippen LogP contribution < -0.4 is 0 Å². The molecule has 0 atom stereocenters. The van der Waals surface area contributed by atoms with Crippen molar-refractivity contribution in [2.24, 2.45) is 0 Å². The van der Waals surface area contributed by atoms with E-state index in [0.717, 1.165) is 6.61 Å². The van der Waals surface area contributed by atoms with Gasteiger partial charge in [-0.3, -0.25) is 0 Å². The van der Waals surface area contributed by atoms with Gasteiger partial charge in [-0.1, -0.05) is 10.8 Å². The molecular formula is C4H4OS2. The highest BCUT2D eigenvalue weighted by Gasteiger charge is 2.25. The number of ether oxygens (including phenoxy) is 1. The molecule has 1 nitrogen and oxygen atoms in total. The average molecular weight is 132 g/mol. The Hall–Kier alpha value is 0.240. The van der Waals surface area contributed by atoms with Crippen molar-refractivity contribution >= 4 is 21.6 Å². The molecule has 3 heteroatoms. The topological polar surface area (TPSA) is 9.23 Å². The monoisotopic (exact) mass is 132 g/mol. The molecule has 0 saturated heterocycles. The molecule has 0 aromatic carbocycles. The second kappa shape index (κ2) is 1.36. The summed E-state index contributed by atoms with van der Waals surface area (Å²) in [6, 6.07) is 0. The molecule has 38 valence electrons. The molecule has 2 aliphatic heterocycles. The molecule has 2 aliphatic rings. The summed E-state index contributed by atoms with van der Waals surface area (Å²) in [6.45, 7) is 0.898. The molecule has 0 spiro atoms. The summed E-state index contributed by atoms with van der Waals surface area (Å²) in [5, 5.41) is 1.19. The van der Waals surface area contributed by atoms with Gasteiger partial charge >= 0.3 is 0 Å². The van der Waals surface area contributed by atoms with E-state index >= 15 is 0 Å². The Morgan fingerprint density at radius 3 is 2.86 bits per heavy atom. The zero-order valence-electron chi connectivity index (χ0n) is 3.64. The Bertz CT molecular complexity index is 116. The summed E-state index contributed by atoms with van der Waals surface area (Å²) >= 11 is 0. The van der Waals surface area contributed by atoms with E-state index in [4.69, 9.17) is 4.74 Å². The first-order chi connectivity index (χ1) is 3.47. The van der Waals surface area contributed by atoms with Gasteiger partial charge in [0.2, 0.25) is 0 Å². The minimum absolute atomic E-state index is 0.898. The lowest BCUT2D eigenvalue weighted by Gasteiger charge is -2.15. The predicted octanol–water partition coefficient (Wildman–Crippen LogP) is 1.62. The van der Waals surface area contributed by atoms with Crippen LogP contribution in [0.1, 0.15) is 0 Å². The highest BCUT2D eigenvalue weighted by molar-refractivity contribution is 8.78. The molecule has 7 heavy (non-hydrogen) atoms. The van der Waals surface area contributed by atoms with Crippen molar-refractivity contribution < 1.29 is 4.74 Å². The molecule has 0 unspecified atom stereocenters. The summed E-state index contributed by atoms with van der Waals surface area (Å²) in [5.41, 5.74) is 1.51. The van der Waals surface area contributed by atoms with Gasteiger partial charge in [-0.15, -0.1) is 0 Å². The van der Waals surface area contributed by atoms with Crippen molar-refractivity contribution in [3.05, 3.63) is 10.7 Å². The van der Waals surface area contributed by atoms with E-state index in [1.165, 1.54) is 16.4 Å². The third-order valence-corrected chi connectivity index (χ3v) is 3.34. The van der Waals surface area contributed by atoms with E-state index in [2.05, 4.69) is 0 Å². The quantitative estimate of drug-likeness (QED) is 0.463. The molecule has 0 aromatic heterocycles. The first kappa shape index (κ1) is 4.15. The largest absolute Gasteiger partial charge is 0.482 e. The maximum absolute atomic E-state index is 5.08. The molecule has 2 heterocycles. The molecule has 0 bridgehead atoms. The van der Waals surface area contributed by atoms with Gasteiger partial charge < -0.3 is 4.74 Å². The molecule has 0 aliphatic carbocycles. The lowest BCUT2D eigenvalue weighted by Crippen LogP contribution is -2.08. The van der Waals surface area contributed by atoms with Crippen molar-refractivity contribution in [2.45, 2.75) is 0 Å². The minimum Gasteiger partial charge on any atom is -0.482 e. The van der Waals surface area contributed by atoms with Crippen LogP contribution in [-0.2, 0) is 4.74 Å². The molecular weight excluding hydrogens is 128 g/mol. The molecule has 0 fully saturated rings. The molecule has 0 amide bonds. The van der Waals surface area contributed by atoms with Gasteiger partial charge in [0.25, 0.3) is 0 Å². The molecule has 2 rings (SSSR count). The molecule has 0 N–H and O–H groups in total. The first-order valence-corrected chi connectivity index (χ1v) is 4.43. The van der Waals surface area contributed by atoms with Crippen LogP contribution in [0.2, 0.25) is 0 Å². The molecule has 0 aromatic rings. The summed E-state index contributed by atoms with van der Waals surface area (Å²) < 4.78 is 5.08. The molecule has 0 saturated carbocycles. The normalized spacial score (nSPS) is 26.3. The zero-order valence-corrected chi connectivity index (χ0v) is 5.27.